The molecule has 0 aromatic heterocycles. The van der Waals surface area contributed by atoms with Crippen molar-refractivity contribution < 1.29 is 12.9 Å². The molecule has 1 aromatic carbocycles. The fourth-order valence-corrected chi connectivity index (χ4v) is 2.68. The molecule has 0 saturated carbocycles. The molecular formula is C13H20N2O3S. The highest BCUT2D eigenvalue weighted by molar-refractivity contribution is 8.08. The van der Waals surface area contributed by atoms with Crippen LogP contribution in [0.25, 0.3) is 0 Å². The smallest absolute Gasteiger partial charge is 0.138 e. The number of nitrogens with one attached hydrogen (secondary N) is 1. The maximum absolute atomic E-state index is 12.3. The summed E-state index contributed by atoms with van der Waals surface area (Å²) in [4.78, 5) is 2.00. The van der Waals surface area contributed by atoms with Crippen molar-refractivity contribution in [2.24, 2.45) is 0 Å². The van der Waals surface area contributed by atoms with E-state index < -0.39 is 9.81 Å². The fourth-order valence-electron chi connectivity index (χ4n) is 1.71. The highest BCUT2D eigenvalue weighted by Crippen LogP contribution is 2.17. The average molecular weight is 284 g/mol. The third-order valence-electron chi connectivity index (χ3n) is 2.85. The van der Waals surface area contributed by atoms with Crippen LogP contribution in [0.4, 0.5) is 0 Å². The van der Waals surface area contributed by atoms with Crippen molar-refractivity contribution >= 4 is 9.81 Å². The molecule has 0 amide bonds. The van der Waals surface area contributed by atoms with Crippen LogP contribution in [0.15, 0.2) is 42.5 Å². The normalized spacial score (nSPS) is 18.3. The Morgan fingerprint density at radius 3 is 2.58 bits per heavy atom. The van der Waals surface area contributed by atoms with Crippen molar-refractivity contribution in [1.29, 1.82) is 0 Å². The zero-order valence-corrected chi connectivity index (χ0v) is 11.8. The summed E-state index contributed by atoms with van der Waals surface area (Å²) < 4.78 is 30.2. The van der Waals surface area contributed by atoms with Gasteiger partial charge in [0.2, 0.25) is 0 Å². The van der Waals surface area contributed by atoms with Crippen LogP contribution in [-0.4, -0.2) is 39.7 Å². The molecular weight excluding hydrogens is 264 g/mol. The van der Waals surface area contributed by atoms with E-state index in [9.17, 15) is 8.76 Å². The second-order valence-corrected chi connectivity index (χ2v) is 7.67. The minimum atomic E-state index is -4.24. The highest BCUT2D eigenvalue weighted by atomic mass is 32.3. The number of rotatable bonds is 6. The van der Waals surface area contributed by atoms with Crippen LogP contribution >= 0.6 is 0 Å². The maximum Gasteiger partial charge on any atom is 0.138 e. The van der Waals surface area contributed by atoms with Gasteiger partial charge in [0.1, 0.15) is 9.81 Å². The van der Waals surface area contributed by atoms with Crippen LogP contribution in [0.3, 0.4) is 0 Å². The van der Waals surface area contributed by atoms with Crippen LogP contribution in [0.5, 0.6) is 0 Å². The molecule has 0 spiro atoms. The van der Waals surface area contributed by atoms with Crippen LogP contribution in [0.2, 0.25) is 0 Å². The predicted octanol–water partition coefficient (Wildman–Crippen LogP) is 1.37. The number of hydrogen-bond acceptors (Lipinski definition) is 3. The molecule has 1 heterocycles. The van der Waals surface area contributed by atoms with Gasteiger partial charge in [-0.3, -0.25) is 13.6 Å². The van der Waals surface area contributed by atoms with E-state index in [1.165, 1.54) is 6.26 Å². The van der Waals surface area contributed by atoms with Gasteiger partial charge >= 0.3 is 0 Å². The second-order valence-electron chi connectivity index (χ2n) is 4.75. The van der Waals surface area contributed by atoms with Gasteiger partial charge in [-0.1, -0.05) is 42.5 Å². The summed E-state index contributed by atoms with van der Waals surface area (Å²) in [6.07, 6.45) is 5.25. The maximum atomic E-state index is 12.3. The Bertz CT molecular complexity index is 502. The average Bonchev–Trinajstić information content (AvgIpc) is 2.89. The van der Waals surface area contributed by atoms with E-state index >= 15 is 0 Å². The lowest BCUT2D eigenvalue weighted by atomic mass is 10.2. The van der Waals surface area contributed by atoms with E-state index in [1.807, 2.05) is 47.4 Å². The van der Waals surface area contributed by atoms with Gasteiger partial charge in [-0.2, -0.15) is 0 Å². The lowest BCUT2D eigenvalue weighted by Gasteiger charge is -2.34. The topological polar surface area (TPSA) is 61.8 Å². The Morgan fingerprint density at radius 2 is 1.95 bits per heavy atom. The molecule has 1 aliphatic heterocycles. The Labute approximate surface area is 113 Å². The second kappa shape index (κ2) is 5.52. The molecule has 2 N–H and O–H groups in total. The van der Waals surface area contributed by atoms with Gasteiger partial charge in [0.15, 0.2) is 0 Å². The minimum absolute atomic E-state index is 0.102. The summed E-state index contributed by atoms with van der Waals surface area (Å²) in [5, 5.41) is 0. The zero-order valence-electron chi connectivity index (χ0n) is 11.0. The van der Waals surface area contributed by atoms with Crippen molar-refractivity contribution in [3.8, 4) is 0 Å². The van der Waals surface area contributed by atoms with Crippen LogP contribution in [0, 0.1) is 0 Å². The molecule has 2 rings (SSSR count). The van der Waals surface area contributed by atoms with E-state index in [4.69, 9.17) is 4.18 Å². The first-order chi connectivity index (χ1) is 8.92. The highest BCUT2D eigenvalue weighted by Gasteiger charge is 2.28. The predicted molar refractivity (Wildman–Crippen MR) is 76.6 cm³/mol. The van der Waals surface area contributed by atoms with Crippen molar-refractivity contribution in [3.05, 3.63) is 48.0 Å². The van der Waals surface area contributed by atoms with Crippen LogP contribution in [-0.2, 0) is 20.6 Å². The summed E-state index contributed by atoms with van der Waals surface area (Å²) in [5.74, 6) is 0. The van der Waals surface area contributed by atoms with Gasteiger partial charge in [-0.05, 0) is 5.56 Å². The molecule has 106 valence electrons. The summed E-state index contributed by atoms with van der Waals surface area (Å²) in [5.41, 5.74) is 0.863. The lowest BCUT2D eigenvalue weighted by molar-refractivity contribution is 0.240. The van der Waals surface area contributed by atoms with E-state index in [2.05, 4.69) is 4.72 Å². The van der Waals surface area contributed by atoms with E-state index in [0.29, 0.717) is 6.67 Å². The summed E-state index contributed by atoms with van der Waals surface area (Å²) in [6.45, 7) is 1.99. The molecule has 0 fully saturated rings. The Kier molecular flexibility index (Phi) is 4.17. The van der Waals surface area contributed by atoms with Crippen molar-refractivity contribution in [1.82, 2.24) is 9.62 Å². The van der Waals surface area contributed by atoms with Gasteiger partial charge in [-0.25, -0.2) is 8.93 Å². The Balaban J connectivity index is 1.86. The fraction of sp³-hybridized carbons (Fsp3) is 0.385. The first-order valence-electron chi connectivity index (χ1n) is 6.13. The van der Waals surface area contributed by atoms with Crippen LogP contribution in [0.1, 0.15) is 5.56 Å². The van der Waals surface area contributed by atoms with Crippen LogP contribution < -0.4 is 4.72 Å². The molecule has 1 aliphatic rings. The molecule has 1 aromatic rings. The summed E-state index contributed by atoms with van der Waals surface area (Å²) >= 11 is 0. The van der Waals surface area contributed by atoms with Gasteiger partial charge < -0.3 is 0 Å². The van der Waals surface area contributed by atoms with E-state index in [-0.39, 0.29) is 6.61 Å². The Hall–Kier alpha value is -1.05. The third kappa shape index (κ3) is 4.85. The molecule has 0 saturated heterocycles. The quantitative estimate of drug-likeness (QED) is 0.775. The summed E-state index contributed by atoms with van der Waals surface area (Å²) in [6, 6.07) is 9.33. The molecule has 0 aliphatic carbocycles. The number of benzene rings is 1. The largest absolute Gasteiger partial charge is 0.297 e. The zero-order chi connectivity index (χ0) is 13.8. The Morgan fingerprint density at radius 1 is 1.32 bits per heavy atom. The van der Waals surface area contributed by atoms with E-state index in [1.54, 1.807) is 0 Å². The van der Waals surface area contributed by atoms with E-state index in [0.717, 1.165) is 18.7 Å². The number of hydrogen-bond donors (Lipinski definition) is 2. The molecule has 0 atom stereocenters. The van der Waals surface area contributed by atoms with Crippen molar-refractivity contribution in [2.45, 2.75) is 6.61 Å². The molecule has 0 radical (unpaired) electrons. The standard InChI is InChI=1S/C13H20N2O3S/c1-19(16,17,14-12-15-9-5-6-10-15)18-11-13-7-3-2-4-8-13/h2-8H,9-12H2,1H3,(H2,14,16,17). The molecule has 0 bridgehead atoms. The lowest BCUT2D eigenvalue weighted by Crippen LogP contribution is -2.51. The SMILES string of the molecule is CS(=O)(O)(NCN1CC=CC1)OCc1ccccc1. The van der Waals surface area contributed by atoms with Crippen molar-refractivity contribution in [3.63, 3.8) is 0 Å². The first-order valence-corrected chi connectivity index (χ1v) is 8.39. The molecule has 6 heteroatoms. The van der Waals surface area contributed by atoms with Gasteiger partial charge in [0, 0.05) is 19.3 Å². The molecule has 0 unspecified atom stereocenters. The monoisotopic (exact) mass is 284 g/mol. The van der Waals surface area contributed by atoms with Gasteiger partial charge in [-0.15, -0.1) is 0 Å². The van der Waals surface area contributed by atoms with Gasteiger partial charge in [0.25, 0.3) is 0 Å². The molecule has 19 heavy (non-hydrogen) atoms. The third-order valence-corrected chi connectivity index (χ3v) is 4.31. The number of nitrogens with zero attached hydrogens (tertiary/aromatic N) is 1. The minimum Gasteiger partial charge on any atom is -0.297 e. The molecule has 5 nitrogen and oxygen atoms in total. The first kappa shape index (κ1) is 14.4. The summed E-state index contributed by atoms with van der Waals surface area (Å²) in [7, 11) is -4.24. The van der Waals surface area contributed by atoms with Crippen molar-refractivity contribution in [2.75, 3.05) is 26.0 Å². The van der Waals surface area contributed by atoms with Gasteiger partial charge in [0.05, 0.1) is 13.3 Å².